The van der Waals surface area contributed by atoms with Crippen molar-refractivity contribution in [1.82, 2.24) is 20.1 Å². The fourth-order valence-corrected chi connectivity index (χ4v) is 5.89. The predicted molar refractivity (Wildman–Crippen MR) is 133 cm³/mol. The van der Waals surface area contributed by atoms with Crippen molar-refractivity contribution in [2.24, 2.45) is 5.92 Å². The van der Waals surface area contributed by atoms with Crippen molar-refractivity contribution in [3.05, 3.63) is 30.1 Å². The van der Waals surface area contributed by atoms with Crippen LogP contribution >= 0.6 is 11.8 Å². The minimum atomic E-state index is 0.105. The Hall–Kier alpha value is -2.22. The van der Waals surface area contributed by atoms with Crippen LogP contribution in [-0.2, 0) is 11.3 Å². The van der Waals surface area contributed by atoms with Crippen LogP contribution in [0.25, 0.3) is 0 Å². The van der Waals surface area contributed by atoms with Gasteiger partial charge in [-0.3, -0.25) is 4.79 Å². The Labute approximate surface area is 201 Å². The molecule has 2 fully saturated rings. The second-order valence-electron chi connectivity index (χ2n) is 9.37. The summed E-state index contributed by atoms with van der Waals surface area (Å²) in [6, 6.07) is 8.62. The van der Waals surface area contributed by atoms with Gasteiger partial charge in [0.2, 0.25) is 5.91 Å². The lowest BCUT2D eigenvalue weighted by molar-refractivity contribution is -0.119. The van der Waals surface area contributed by atoms with Gasteiger partial charge in [0.1, 0.15) is 5.75 Å². The molecule has 0 spiro atoms. The van der Waals surface area contributed by atoms with E-state index in [-0.39, 0.29) is 5.91 Å². The van der Waals surface area contributed by atoms with E-state index in [1.165, 1.54) is 50.3 Å². The summed E-state index contributed by atoms with van der Waals surface area (Å²) in [6.07, 6.45) is 10.8. The van der Waals surface area contributed by atoms with Crippen molar-refractivity contribution in [2.75, 3.05) is 18.2 Å². The monoisotopic (exact) mass is 471 g/mol. The van der Waals surface area contributed by atoms with E-state index in [4.69, 9.17) is 4.74 Å². The van der Waals surface area contributed by atoms with Crippen LogP contribution in [0.5, 0.6) is 5.75 Å². The zero-order valence-electron chi connectivity index (χ0n) is 19.9. The Morgan fingerprint density at radius 1 is 1.12 bits per heavy atom. The number of aromatic nitrogens is 3. The molecule has 0 aliphatic heterocycles. The topological polar surface area (TPSA) is 81.1 Å². The van der Waals surface area contributed by atoms with E-state index in [9.17, 15) is 4.79 Å². The summed E-state index contributed by atoms with van der Waals surface area (Å²) in [7, 11) is 1.67. The molecule has 2 aliphatic carbocycles. The van der Waals surface area contributed by atoms with Crippen LogP contribution in [0.4, 0.5) is 5.69 Å². The Kier molecular flexibility index (Phi) is 8.53. The van der Waals surface area contributed by atoms with Gasteiger partial charge in [-0.05, 0) is 43.7 Å². The first-order valence-corrected chi connectivity index (χ1v) is 13.4. The summed E-state index contributed by atoms with van der Waals surface area (Å²) in [4.78, 5) is 12.7. The van der Waals surface area contributed by atoms with Crippen molar-refractivity contribution >= 4 is 23.4 Å². The summed E-state index contributed by atoms with van der Waals surface area (Å²) in [5.74, 6) is 2.80. The number of nitrogens with one attached hydrogen (secondary N) is 2. The summed E-state index contributed by atoms with van der Waals surface area (Å²) in [6.45, 7) is 2.83. The van der Waals surface area contributed by atoms with Crippen LogP contribution < -0.4 is 15.4 Å². The molecule has 2 aliphatic rings. The van der Waals surface area contributed by atoms with Gasteiger partial charge in [-0.2, -0.15) is 0 Å². The number of nitrogens with zero attached hydrogens (tertiary/aromatic N) is 3. The molecule has 2 N–H and O–H groups in total. The van der Waals surface area contributed by atoms with Crippen molar-refractivity contribution in [3.8, 4) is 5.75 Å². The number of amides is 1. The van der Waals surface area contributed by atoms with Gasteiger partial charge in [-0.25, -0.2) is 0 Å². The SMILES string of the molecule is COc1cccc(NCc2nnc(SCC(=O)NC3CCCCC3C)n2C2CCCCC2)c1. The Morgan fingerprint density at radius 2 is 1.91 bits per heavy atom. The van der Waals surface area contributed by atoms with E-state index < -0.39 is 0 Å². The lowest BCUT2D eigenvalue weighted by Crippen LogP contribution is -2.41. The minimum Gasteiger partial charge on any atom is -0.497 e. The third-order valence-corrected chi connectivity index (χ3v) is 7.93. The average Bonchev–Trinajstić information content (AvgIpc) is 3.26. The number of carbonyl (C=O) groups is 1. The number of methoxy groups -OCH3 is 1. The molecular weight excluding hydrogens is 434 g/mol. The summed E-state index contributed by atoms with van der Waals surface area (Å²) >= 11 is 1.52. The molecule has 1 heterocycles. The highest BCUT2D eigenvalue weighted by atomic mass is 32.2. The third-order valence-electron chi connectivity index (χ3n) is 6.99. The zero-order chi connectivity index (χ0) is 23.0. The summed E-state index contributed by atoms with van der Waals surface area (Å²) in [5.41, 5.74) is 0.989. The first-order valence-electron chi connectivity index (χ1n) is 12.4. The number of hydrogen-bond donors (Lipinski definition) is 2. The van der Waals surface area contributed by atoms with E-state index in [2.05, 4.69) is 32.3 Å². The van der Waals surface area contributed by atoms with Crippen LogP contribution in [-0.4, -0.2) is 39.6 Å². The van der Waals surface area contributed by atoms with Crippen LogP contribution in [0.3, 0.4) is 0 Å². The molecule has 1 aromatic carbocycles. The van der Waals surface area contributed by atoms with Gasteiger partial charge >= 0.3 is 0 Å². The van der Waals surface area contributed by atoms with Crippen molar-refractivity contribution in [3.63, 3.8) is 0 Å². The number of hydrogen-bond acceptors (Lipinski definition) is 6. The normalized spacial score (nSPS) is 21.5. The largest absolute Gasteiger partial charge is 0.497 e. The fraction of sp³-hybridized carbons (Fsp3) is 0.640. The Morgan fingerprint density at radius 3 is 2.70 bits per heavy atom. The van der Waals surface area contributed by atoms with Crippen LogP contribution in [0, 0.1) is 5.92 Å². The molecule has 2 saturated carbocycles. The van der Waals surface area contributed by atoms with Gasteiger partial charge < -0.3 is 19.9 Å². The summed E-state index contributed by atoms with van der Waals surface area (Å²) < 4.78 is 7.62. The third kappa shape index (κ3) is 6.43. The Bertz CT molecular complexity index is 912. The molecule has 2 unspecified atom stereocenters. The zero-order valence-corrected chi connectivity index (χ0v) is 20.7. The minimum absolute atomic E-state index is 0.105. The molecule has 7 nitrogen and oxygen atoms in total. The maximum absolute atomic E-state index is 12.7. The van der Waals surface area contributed by atoms with E-state index in [1.807, 2.05) is 24.3 Å². The van der Waals surface area contributed by atoms with Gasteiger partial charge in [0.25, 0.3) is 0 Å². The van der Waals surface area contributed by atoms with Crippen LogP contribution in [0.1, 0.15) is 76.6 Å². The van der Waals surface area contributed by atoms with Crippen LogP contribution in [0.2, 0.25) is 0 Å². The highest BCUT2D eigenvalue weighted by Crippen LogP contribution is 2.33. The molecule has 33 heavy (non-hydrogen) atoms. The number of ether oxygens (including phenoxy) is 1. The average molecular weight is 472 g/mol. The molecule has 2 aromatic rings. The van der Waals surface area contributed by atoms with Crippen molar-refractivity contribution in [2.45, 2.75) is 88.5 Å². The van der Waals surface area contributed by atoms with Gasteiger partial charge in [0.15, 0.2) is 11.0 Å². The number of anilines is 1. The van der Waals surface area contributed by atoms with E-state index in [0.717, 1.165) is 41.7 Å². The molecule has 1 amide bonds. The second-order valence-corrected chi connectivity index (χ2v) is 10.3. The van der Waals surface area contributed by atoms with Gasteiger partial charge in [-0.15, -0.1) is 10.2 Å². The fourth-order valence-electron chi connectivity index (χ4n) is 5.06. The molecule has 2 atom stereocenters. The smallest absolute Gasteiger partial charge is 0.230 e. The molecule has 0 radical (unpaired) electrons. The number of thioether (sulfide) groups is 1. The van der Waals surface area contributed by atoms with E-state index in [0.29, 0.717) is 30.3 Å². The van der Waals surface area contributed by atoms with E-state index in [1.54, 1.807) is 7.11 Å². The molecule has 0 bridgehead atoms. The lowest BCUT2D eigenvalue weighted by atomic mass is 9.86. The maximum atomic E-state index is 12.7. The number of rotatable bonds is 9. The molecular formula is C25H37N5O2S. The molecule has 8 heteroatoms. The quantitative estimate of drug-likeness (QED) is 0.490. The highest BCUT2D eigenvalue weighted by Gasteiger charge is 2.25. The van der Waals surface area contributed by atoms with Gasteiger partial charge in [0, 0.05) is 23.8 Å². The highest BCUT2D eigenvalue weighted by molar-refractivity contribution is 7.99. The summed E-state index contributed by atoms with van der Waals surface area (Å²) in [5, 5.41) is 16.6. The first-order chi connectivity index (χ1) is 16.1. The standard InChI is InChI=1S/C25H37N5O2S/c1-18-9-6-7-14-22(18)27-24(31)17-33-25-29-28-23(30(25)20-11-4-3-5-12-20)16-26-19-10-8-13-21(15-19)32-2/h8,10,13,15,18,20,22,26H,3-7,9,11-12,14,16-17H2,1-2H3,(H,27,31). The van der Waals surface area contributed by atoms with Crippen LogP contribution in [0.15, 0.2) is 29.4 Å². The van der Waals surface area contributed by atoms with Gasteiger partial charge in [-0.1, -0.05) is 56.9 Å². The molecule has 180 valence electrons. The van der Waals surface area contributed by atoms with Crippen molar-refractivity contribution in [1.29, 1.82) is 0 Å². The van der Waals surface area contributed by atoms with Crippen molar-refractivity contribution < 1.29 is 9.53 Å². The molecule has 4 rings (SSSR count). The molecule has 1 aromatic heterocycles. The Balaban J connectivity index is 1.42. The first kappa shape index (κ1) is 23.9. The predicted octanol–water partition coefficient (Wildman–Crippen LogP) is 5.19. The molecule has 0 saturated heterocycles. The van der Waals surface area contributed by atoms with Gasteiger partial charge in [0.05, 0.1) is 19.4 Å². The number of benzene rings is 1. The number of carbonyl (C=O) groups excluding carboxylic acids is 1. The van der Waals surface area contributed by atoms with E-state index >= 15 is 0 Å². The maximum Gasteiger partial charge on any atom is 0.230 e. The lowest BCUT2D eigenvalue weighted by Gasteiger charge is -2.29. The second kappa shape index (κ2) is 11.8.